The van der Waals surface area contributed by atoms with Gasteiger partial charge in [0.25, 0.3) is 0 Å². The molecule has 2 aromatic carbocycles. The van der Waals surface area contributed by atoms with Crippen LogP contribution in [0.25, 0.3) is 0 Å². The molecule has 12 nitrogen and oxygen atoms in total. The molecule has 414 valence electrons. The molecule has 0 unspecified atom stereocenters. The van der Waals surface area contributed by atoms with E-state index < -0.39 is 59.1 Å². The van der Waals surface area contributed by atoms with Crippen molar-refractivity contribution in [3.63, 3.8) is 0 Å². The predicted molar refractivity (Wildman–Crippen MR) is 294 cm³/mol. The van der Waals surface area contributed by atoms with Gasteiger partial charge in [-0.05, 0) is 148 Å². The molecular weight excluding hydrogens is 929 g/mol. The summed E-state index contributed by atoms with van der Waals surface area (Å²) in [4.78, 5) is 61.2. The van der Waals surface area contributed by atoms with Crippen molar-refractivity contribution >= 4 is 23.9 Å². The van der Waals surface area contributed by atoms with Crippen LogP contribution in [0.3, 0.4) is 0 Å². The summed E-state index contributed by atoms with van der Waals surface area (Å²) in [5.41, 5.74) is -3.91. The van der Waals surface area contributed by atoms with E-state index in [0.717, 1.165) is 11.1 Å². The standard InChI is InChI=1S/C62H98N4O8/c1-53(2)35-45(36-54(3,4)63-53)71-49(67)61(33-43-27-21-19-22-28-43,50(68)72-46-37-55(5,6)64-56(7,8)38-46)31-25-17-18-26-32-62(34-44-29-23-20-24-30-44,51(69)73-47-39-57(9,10)65-58(11,12)40-47)52(70)74-48-41-59(13,14)66-60(15,16)42-48/h19-24,27-30,45-48,63-66H,17-18,25-26,31-42H2,1-16H3. The molecule has 4 fully saturated rings. The molecule has 0 aliphatic carbocycles. The number of carbonyl (C=O) groups excluding carboxylic acids is 4. The van der Waals surface area contributed by atoms with Crippen molar-refractivity contribution in [1.82, 2.24) is 21.3 Å². The molecule has 4 N–H and O–H groups in total. The molecule has 0 saturated carbocycles. The molecule has 6 rings (SSSR count). The van der Waals surface area contributed by atoms with Gasteiger partial charge in [-0.3, -0.25) is 19.2 Å². The third-order valence-corrected chi connectivity index (χ3v) is 15.9. The Bertz CT molecular complexity index is 1920. The zero-order valence-electron chi connectivity index (χ0n) is 48.7. The topological polar surface area (TPSA) is 153 Å². The molecule has 2 aromatic rings. The Kier molecular flexibility index (Phi) is 17.9. The van der Waals surface area contributed by atoms with Crippen molar-refractivity contribution in [2.75, 3.05) is 0 Å². The van der Waals surface area contributed by atoms with Gasteiger partial charge in [0.1, 0.15) is 24.4 Å². The van der Waals surface area contributed by atoms with Gasteiger partial charge in [-0.1, -0.05) is 86.3 Å². The van der Waals surface area contributed by atoms with Crippen molar-refractivity contribution in [2.45, 2.75) is 282 Å². The maximum absolute atomic E-state index is 15.3. The molecule has 0 atom stereocenters. The van der Waals surface area contributed by atoms with Crippen molar-refractivity contribution < 1.29 is 38.1 Å². The fraction of sp³-hybridized carbons (Fsp3) is 0.742. The van der Waals surface area contributed by atoms with E-state index in [-0.39, 0.29) is 70.0 Å². The fourth-order valence-corrected chi connectivity index (χ4v) is 14.4. The van der Waals surface area contributed by atoms with Crippen molar-refractivity contribution in [2.24, 2.45) is 10.8 Å². The molecule has 4 heterocycles. The maximum atomic E-state index is 15.3. The molecule has 0 spiro atoms. The largest absolute Gasteiger partial charge is 0.461 e. The van der Waals surface area contributed by atoms with Crippen LogP contribution in [0, 0.1) is 10.8 Å². The highest BCUT2D eigenvalue weighted by molar-refractivity contribution is 6.01. The first-order valence-corrected chi connectivity index (χ1v) is 28.1. The van der Waals surface area contributed by atoms with Crippen LogP contribution in [-0.2, 0) is 51.0 Å². The highest BCUT2D eigenvalue weighted by Gasteiger charge is 2.54. The summed E-state index contributed by atoms with van der Waals surface area (Å²) in [5, 5.41) is 14.8. The number of nitrogens with one attached hydrogen (secondary N) is 4. The van der Waals surface area contributed by atoms with Crippen LogP contribution in [0.1, 0.15) is 212 Å². The lowest BCUT2D eigenvalue weighted by atomic mass is 9.75. The van der Waals surface area contributed by atoms with Crippen LogP contribution < -0.4 is 21.3 Å². The first kappa shape index (κ1) is 59.4. The smallest absolute Gasteiger partial charge is 0.324 e. The Balaban J connectivity index is 1.30. The van der Waals surface area contributed by atoms with Crippen LogP contribution in [0.2, 0.25) is 0 Å². The van der Waals surface area contributed by atoms with Gasteiger partial charge < -0.3 is 40.2 Å². The first-order chi connectivity index (χ1) is 34.0. The number of unbranched alkanes of at least 4 members (excludes halogenated alkanes) is 3. The Morgan fingerprint density at radius 2 is 0.568 bits per heavy atom. The zero-order chi connectivity index (χ0) is 54.8. The van der Waals surface area contributed by atoms with Gasteiger partial charge in [0, 0.05) is 95.7 Å². The molecule has 0 aromatic heterocycles. The van der Waals surface area contributed by atoms with Gasteiger partial charge in [-0.15, -0.1) is 0 Å². The third kappa shape index (κ3) is 16.3. The van der Waals surface area contributed by atoms with Crippen molar-refractivity contribution in [3.05, 3.63) is 71.8 Å². The van der Waals surface area contributed by atoms with Gasteiger partial charge in [0.2, 0.25) is 0 Å². The van der Waals surface area contributed by atoms with E-state index in [0.29, 0.717) is 77.0 Å². The molecule has 0 bridgehead atoms. The highest BCUT2D eigenvalue weighted by atomic mass is 16.6. The average molecular weight is 1030 g/mol. The number of hydrogen-bond acceptors (Lipinski definition) is 12. The lowest BCUT2D eigenvalue weighted by Crippen LogP contribution is -2.61. The monoisotopic (exact) mass is 1030 g/mol. The maximum Gasteiger partial charge on any atom is 0.324 e. The van der Waals surface area contributed by atoms with Crippen molar-refractivity contribution in [1.29, 1.82) is 0 Å². The minimum absolute atomic E-state index is 0.132. The summed E-state index contributed by atoms with van der Waals surface area (Å²) >= 11 is 0. The van der Waals surface area contributed by atoms with E-state index in [2.05, 4.69) is 132 Å². The SMILES string of the molecule is CC1(C)CC(OC(=O)C(CCCCCCC(Cc2ccccc2)(C(=O)OC2CC(C)(C)NC(C)(C)C2)C(=O)OC2CC(C)(C)NC(C)(C)C2)(Cc2ccccc2)C(=O)OC2CC(C)(C)NC(C)(C)C2)CC(C)(C)N1. The molecular formula is C62H98N4O8. The normalized spacial score (nSPS) is 23.5. The molecule has 12 heteroatoms. The summed E-state index contributed by atoms with van der Waals surface area (Å²) in [5.74, 6) is -2.17. The van der Waals surface area contributed by atoms with Gasteiger partial charge in [0.05, 0.1) is 0 Å². The Hall–Kier alpha value is -3.84. The summed E-state index contributed by atoms with van der Waals surface area (Å²) in [6, 6.07) is 19.5. The summed E-state index contributed by atoms with van der Waals surface area (Å²) in [6.07, 6.45) is 6.11. The van der Waals surface area contributed by atoms with E-state index in [4.69, 9.17) is 18.9 Å². The molecule has 4 aliphatic rings. The first-order valence-electron chi connectivity index (χ1n) is 28.1. The second-order valence-electron chi connectivity index (χ2n) is 28.7. The number of benzene rings is 2. The van der Waals surface area contributed by atoms with E-state index in [1.165, 1.54) is 0 Å². The minimum atomic E-state index is -1.63. The van der Waals surface area contributed by atoms with Crippen LogP contribution >= 0.6 is 0 Å². The van der Waals surface area contributed by atoms with E-state index in [9.17, 15) is 0 Å². The van der Waals surface area contributed by atoms with E-state index >= 15 is 19.2 Å². The van der Waals surface area contributed by atoms with Crippen LogP contribution in [0.5, 0.6) is 0 Å². The molecule has 4 aliphatic heterocycles. The Labute approximate surface area is 446 Å². The number of ether oxygens (including phenoxy) is 4. The molecule has 74 heavy (non-hydrogen) atoms. The number of hydrogen-bond donors (Lipinski definition) is 4. The summed E-state index contributed by atoms with van der Waals surface area (Å²) in [6.45, 7) is 34.0. The second-order valence-corrected chi connectivity index (χ2v) is 28.7. The van der Waals surface area contributed by atoms with Crippen LogP contribution in [0.4, 0.5) is 0 Å². The highest BCUT2D eigenvalue weighted by Crippen LogP contribution is 2.42. The average Bonchev–Trinajstić information content (AvgIpc) is 3.20. The summed E-state index contributed by atoms with van der Waals surface area (Å²) < 4.78 is 26.4. The Morgan fingerprint density at radius 3 is 0.770 bits per heavy atom. The molecule has 4 saturated heterocycles. The van der Waals surface area contributed by atoms with Gasteiger partial charge in [0.15, 0.2) is 10.8 Å². The number of piperidine rings is 4. The number of esters is 4. The quantitative estimate of drug-likeness (QED) is 0.0458. The van der Waals surface area contributed by atoms with Gasteiger partial charge in [-0.2, -0.15) is 0 Å². The second kappa shape index (κ2) is 22.3. The lowest BCUT2D eigenvalue weighted by molar-refractivity contribution is -0.186. The predicted octanol–water partition coefficient (Wildman–Crippen LogP) is 11.2. The number of carbonyl (C=O) groups is 4. The zero-order valence-corrected chi connectivity index (χ0v) is 48.7. The summed E-state index contributed by atoms with van der Waals surface area (Å²) in [7, 11) is 0. The van der Waals surface area contributed by atoms with E-state index in [1.807, 2.05) is 60.7 Å². The van der Waals surface area contributed by atoms with Gasteiger partial charge in [-0.25, -0.2) is 0 Å². The minimum Gasteiger partial charge on any atom is -0.461 e. The lowest BCUT2D eigenvalue weighted by Gasteiger charge is -2.47. The van der Waals surface area contributed by atoms with Gasteiger partial charge >= 0.3 is 23.9 Å². The third-order valence-electron chi connectivity index (χ3n) is 15.9. The van der Waals surface area contributed by atoms with E-state index in [1.54, 1.807) is 0 Å². The Morgan fingerprint density at radius 1 is 0.365 bits per heavy atom. The fourth-order valence-electron chi connectivity index (χ4n) is 14.4. The van der Waals surface area contributed by atoms with Crippen LogP contribution in [0.15, 0.2) is 60.7 Å². The van der Waals surface area contributed by atoms with Crippen LogP contribution in [-0.4, -0.2) is 92.6 Å². The molecule has 0 amide bonds. The molecule has 0 radical (unpaired) electrons. The van der Waals surface area contributed by atoms with Crippen molar-refractivity contribution in [3.8, 4) is 0 Å². The number of rotatable bonds is 19.